The second-order valence-corrected chi connectivity index (χ2v) is 9.48. The fraction of sp³-hybridized carbons (Fsp3) is 0.321. The Kier molecular flexibility index (Phi) is 6.03. The van der Waals surface area contributed by atoms with Crippen molar-refractivity contribution in [2.24, 2.45) is 0 Å². The van der Waals surface area contributed by atoms with Crippen LogP contribution in [-0.4, -0.2) is 49.7 Å². The second-order valence-electron chi connectivity index (χ2n) is 9.48. The van der Waals surface area contributed by atoms with Crippen LogP contribution in [0, 0.1) is 6.92 Å². The summed E-state index contributed by atoms with van der Waals surface area (Å²) in [4.78, 5) is 24.9. The molecule has 1 aliphatic heterocycles. The van der Waals surface area contributed by atoms with Gasteiger partial charge < -0.3 is 19.2 Å². The molecular formula is C28H30N6O2. The van der Waals surface area contributed by atoms with Crippen molar-refractivity contribution in [1.82, 2.24) is 24.0 Å². The molecule has 8 heteroatoms. The fourth-order valence-electron chi connectivity index (χ4n) is 5.17. The van der Waals surface area contributed by atoms with Crippen LogP contribution < -0.4 is 10.9 Å². The molecular weight excluding hydrogens is 452 g/mol. The number of anilines is 1. The maximum atomic E-state index is 13.0. The van der Waals surface area contributed by atoms with Crippen LogP contribution in [0.4, 0.5) is 5.95 Å². The molecule has 0 unspecified atom stereocenters. The largest absolute Gasteiger partial charge is 0.467 e. The van der Waals surface area contributed by atoms with E-state index in [2.05, 4.69) is 25.8 Å². The predicted molar refractivity (Wildman–Crippen MR) is 141 cm³/mol. The molecule has 5 aromatic rings. The van der Waals surface area contributed by atoms with Crippen molar-refractivity contribution < 1.29 is 4.42 Å². The van der Waals surface area contributed by atoms with Gasteiger partial charge in [-0.3, -0.25) is 9.36 Å². The highest BCUT2D eigenvalue weighted by Gasteiger charge is 2.22. The summed E-state index contributed by atoms with van der Waals surface area (Å²) < 4.78 is 9.61. The van der Waals surface area contributed by atoms with E-state index in [1.807, 2.05) is 66.1 Å². The Morgan fingerprint density at radius 1 is 0.917 bits per heavy atom. The standard InChI is InChI=1S/C28H30N6O2/c1-20-29-24-9-3-2-8-23(24)27(35)33(20)17-16-32-14-12-21(13-15-32)30-28-31-25-10-4-5-11-26(25)34(28)19-22-7-6-18-36-22/h2-11,18,21H,12-17,19H2,1H3,(H,30,31). The maximum absolute atomic E-state index is 13.0. The lowest BCUT2D eigenvalue weighted by atomic mass is 10.1. The molecule has 0 spiro atoms. The number of aromatic nitrogens is 4. The van der Waals surface area contributed by atoms with E-state index in [1.54, 1.807) is 6.26 Å². The topological polar surface area (TPSA) is 81.1 Å². The Morgan fingerprint density at radius 2 is 1.69 bits per heavy atom. The van der Waals surface area contributed by atoms with Crippen molar-refractivity contribution in [3.05, 3.63) is 88.9 Å². The zero-order valence-corrected chi connectivity index (χ0v) is 20.4. The summed E-state index contributed by atoms with van der Waals surface area (Å²) in [6, 6.07) is 20.0. The lowest BCUT2D eigenvalue weighted by Gasteiger charge is -2.32. The van der Waals surface area contributed by atoms with Crippen LogP contribution in [0.3, 0.4) is 0 Å². The van der Waals surface area contributed by atoms with Gasteiger partial charge in [0.25, 0.3) is 5.56 Å². The minimum atomic E-state index is 0.0464. The third-order valence-electron chi connectivity index (χ3n) is 7.16. The van der Waals surface area contributed by atoms with Crippen molar-refractivity contribution in [3.8, 4) is 0 Å². The molecule has 0 saturated carbocycles. The van der Waals surface area contributed by atoms with Gasteiger partial charge in [-0.15, -0.1) is 0 Å². The highest BCUT2D eigenvalue weighted by molar-refractivity contribution is 5.79. The lowest BCUT2D eigenvalue weighted by Crippen LogP contribution is -2.41. The van der Waals surface area contributed by atoms with Crippen molar-refractivity contribution >= 4 is 27.9 Å². The number of para-hydroxylation sites is 3. The van der Waals surface area contributed by atoms with Gasteiger partial charge in [-0.1, -0.05) is 24.3 Å². The number of likely N-dealkylation sites (tertiary alicyclic amines) is 1. The number of rotatable bonds is 7. The molecule has 36 heavy (non-hydrogen) atoms. The minimum Gasteiger partial charge on any atom is -0.467 e. The Hall–Kier alpha value is -3.91. The van der Waals surface area contributed by atoms with Crippen molar-refractivity contribution in [2.45, 2.75) is 38.9 Å². The summed E-state index contributed by atoms with van der Waals surface area (Å²) in [5, 5.41) is 4.39. The first-order valence-electron chi connectivity index (χ1n) is 12.6. The van der Waals surface area contributed by atoms with E-state index >= 15 is 0 Å². The molecule has 2 aromatic carbocycles. The highest BCUT2D eigenvalue weighted by Crippen LogP contribution is 2.24. The van der Waals surface area contributed by atoms with Crippen LogP contribution in [0.5, 0.6) is 0 Å². The molecule has 4 heterocycles. The number of furan rings is 1. The SMILES string of the molecule is Cc1nc2ccccc2c(=O)n1CCN1CCC(Nc2nc3ccccc3n2Cc2ccco2)CC1. The normalized spacial score (nSPS) is 15.1. The van der Waals surface area contributed by atoms with Gasteiger partial charge in [0.05, 0.1) is 34.7 Å². The van der Waals surface area contributed by atoms with Gasteiger partial charge in [0.15, 0.2) is 0 Å². The van der Waals surface area contributed by atoms with E-state index in [-0.39, 0.29) is 5.56 Å². The summed E-state index contributed by atoms with van der Waals surface area (Å²) in [6.45, 7) is 6.00. The summed E-state index contributed by atoms with van der Waals surface area (Å²) in [5.74, 6) is 2.56. The first-order valence-corrected chi connectivity index (χ1v) is 12.6. The van der Waals surface area contributed by atoms with E-state index in [0.29, 0.717) is 24.5 Å². The fourth-order valence-corrected chi connectivity index (χ4v) is 5.17. The molecule has 0 radical (unpaired) electrons. The van der Waals surface area contributed by atoms with E-state index in [1.165, 1.54) is 0 Å². The molecule has 3 aromatic heterocycles. The molecule has 184 valence electrons. The third-order valence-corrected chi connectivity index (χ3v) is 7.16. The number of nitrogens with zero attached hydrogens (tertiary/aromatic N) is 5. The third kappa shape index (κ3) is 4.40. The average Bonchev–Trinajstić information content (AvgIpc) is 3.53. The van der Waals surface area contributed by atoms with Crippen LogP contribution in [0.1, 0.15) is 24.4 Å². The van der Waals surface area contributed by atoms with E-state index < -0.39 is 0 Å². The van der Waals surface area contributed by atoms with Crippen LogP contribution in [0.25, 0.3) is 21.9 Å². The van der Waals surface area contributed by atoms with Crippen LogP contribution in [0.2, 0.25) is 0 Å². The van der Waals surface area contributed by atoms with E-state index in [4.69, 9.17) is 9.40 Å². The molecule has 0 amide bonds. The summed E-state index contributed by atoms with van der Waals surface area (Å²) in [6.07, 6.45) is 3.75. The van der Waals surface area contributed by atoms with Crippen LogP contribution in [-0.2, 0) is 13.1 Å². The second kappa shape index (κ2) is 9.62. The Morgan fingerprint density at radius 3 is 2.50 bits per heavy atom. The Bertz CT molecular complexity index is 1540. The van der Waals surface area contributed by atoms with E-state index in [0.717, 1.165) is 66.6 Å². The molecule has 1 N–H and O–H groups in total. The van der Waals surface area contributed by atoms with Crippen molar-refractivity contribution in [2.75, 3.05) is 25.0 Å². The number of hydrogen-bond acceptors (Lipinski definition) is 6. The molecule has 8 nitrogen and oxygen atoms in total. The minimum absolute atomic E-state index is 0.0464. The van der Waals surface area contributed by atoms with Gasteiger partial charge in [0, 0.05) is 32.2 Å². The van der Waals surface area contributed by atoms with Gasteiger partial charge in [-0.2, -0.15) is 0 Å². The number of hydrogen-bond donors (Lipinski definition) is 1. The van der Waals surface area contributed by atoms with Gasteiger partial charge >= 0.3 is 0 Å². The number of aryl methyl sites for hydroxylation is 1. The molecule has 1 fully saturated rings. The molecule has 1 saturated heterocycles. The van der Waals surface area contributed by atoms with Crippen LogP contribution >= 0.6 is 0 Å². The van der Waals surface area contributed by atoms with Crippen molar-refractivity contribution in [1.29, 1.82) is 0 Å². The van der Waals surface area contributed by atoms with E-state index in [9.17, 15) is 4.79 Å². The number of piperidine rings is 1. The first-order chi connectivity index (χ1) is 17.7. The predicted octanol–water partition coefficient (Wildman–Crippen LogP) is 4.27. The van der Waals surface area contributed by atoms with Gasteiger partial charge in [-0.05, 0) is 56.2 Å². The summed E-state index contributed by atoms with van der Waals surface area (Å²) in [7, 11) is 0. The van der Waals surface area contributed by atoms with Gasteiger partial charge in [0.1, 0.15) is 11.6 Å². The number of fused-ring (bicyclic) bond motifs is 2. The zero-order valence-electron chi connectivity index (χ0n) is 20.4. The molecule has 0 atom stereocenters. The average molecular weight is 483 g/mol. The number of imidazole rings is 1. The molecule has 0 aliphatic carbocycles. The van der Waals surface area contributed by atoms with Crippen LogP contribution in [0.15, 0.2) is 76.1 Å². The smallest absolute Gasteiger partial charge is 0.261 e. The van der Waals surface area contributed by atoms with Gasteiger partial charge in [0.2, 0.25) is 5.95 Å². The lowest BCUT2D eigenvalue weighted by molar-refractivity contribution is 0.210. The van der Waals surface area contributed by atoms with Gasteiger partial charge in [-0.25, -0.2) is 9.97 Å². The maximum Gasteiger partial charge on any atom is 0.261 e. The van der Waals surface area contributed by atoms with Crippen molar-refractivity contribution in [3.63, 3.8) is 0 Å². The quantitative estimate of drug-likeness (QED) is 0.373. The monoisotopic (exact) mass is 482 g/mol. The highest BCUT2D eigenvalue weighted by atomic mass is 16.3. The Labute approximate surface area is 209 Å². The first kappa shape index (κ1) is 22.5. The molecule has 1 aliphatic rings. The number of nitrogens with one attached hydrogen (secondary N) is 1. The summed E-state index contributed by atoms with van der Waals surface area (Å²) >= 11 is 0. The Balaban J connectivity index is 1.11. The summed E-state index contributed by atoms with van der Waals surface area (Å²) in [5.41, 5.74) is 2.89. The zero-order chi connectivity index (χ0) is 24.5. The molecule has 0 bridgehead atoms. The molecule has 6 rings (SSSR count). The number of benzene rings is 2.